The second-order valence-corrected chi connectivity index (χ2v) is 7.03. The predicted molar refractivity (Wildman–Crippen MR) is 85.9 cm³/mol. The average molecular weight is 471 g/mol. The van der Waals surface area contributed by atoms with Crippen LogP contribution in [-0.2, 0) is 6.54 Å². The summed E-state index contributed by atoms with van der Waals surface area (Å²) < 4.78 is 2.77. The summed E-state index contributed by atoms with van der Waals surface area (Å²) in [6.07, 6.45) is 0. The number of carboxylic acids is 1. The van der Waals surface area contributed by atoms with E-state index in [9.17, 15) is 4.79 Å². The molecule has 2 N–H and O–H groups in total. The number of thiazole rings is 1. The molecule has 0 fully saturated rings. The molecule has 0 spiro atoms. The smallest absolute Gasteiger partial charge is 0.365 e. The highest BCUT2D eigenvalue weighted by Gasteiger charge is 2.10. The molecule has 0 aliphatic carbocycles. The first kappa shape index (κ1) is 15.0. The number of carboxylic acid groups (broad SMARTS) is 1. The van der Waals surface area contributed by atoms with Gasteiger partial charge in [-0.05, 0) is 44.0 Å². The third-order valence-electron chi connectivity index (χ3n) is 2.19. The largest absolute Gasteiger partial charge is 0.476 e. The van der Waals surface area contributed by atoms with Crippen molar-refractivity contribution in [2.75, 3.05) is 5.32 Å². The fraction of sp³-hybridized carbons (Fsp3) is 0.0909. The lowest BCUT2D eigenvalue weighted by atomic mass is 10.3. The Morgan fingerprint density at radius 3 is 2.47 bits per heavy atom. The molecule has 0 atom stereocenters. The fourth-order valence-electron chi connectivity index (χ4n) is 1.38. The van der Waals surface area contributed by atoms with Crippen LogP contribution in [0.5, 0.6) is 0 Å². The van der Waals surface area contributed by atoms with Crippen molar-refractivity contribution in [3.8, 4) is 0 Å². The number of aromatic nitrogens is 1. The van der Waals surface area contributed by atoms with Crippen LogP contribution in [0.1, 0.15) is 15.5 Å². The van der Waals surface area contributed by atoms with E-state index in [1.54, 1.807) is 5.38 Å². The number of aromatic carboxylic acids is 1. The van der Waals surface area contributed by atoms with E-state index in [4.69, 9.17) is 5.11 Å². The van der Waals surface area contributed by atoms with Gasteiger partial charge >= 0.3 is 5.97 Å². The number of carbonyl (C=O) groups is 1. The second kappa shape index (κ2) is 6.34. The lowest BCUT2D eigenvalue weighted by Gasteiger charge is -2.10. The highest BCUT2D eigenvalue weighted by Crippen LogP contribution is 2.34. The molecule has 4 nitrogen and oxygen atoms in total. The van der Waals surface area contributed by atoms with Crippen LogP contribution >= 0.6 is 59.1 Å². The molecule has 0 unspecified atom stereocenters. The third kappa shape index (κ3) is 3.77. The molecule has 0 saturated heterocycles. The predicted octanol–water partition coefficient (Wildman–Crippen LogP) is 4.74. The first-order chi connectivity index (χ1) is 8.97. The zero-order chi connectivity index (χ0) is 14.0. The molecule has 19 heavy (non-hydrogen) atoms. The molecule has 0 aliphatic rings. The van der Waals surface area contributed by atoms with Crippen molar-refractivity contribution in [3.05, 3.63) is 41.6 Å². The molecule has 2 rings (SSSR count). The number of benzene rings is 1. The van der Waals surface area contributed by atoms with Crippen LogP contribution in [0.25, 0.3) is 0 Å². The standard InChI is InChI=1S/C11H7Br3N2O2S/c12-5-1-7(13)9(8(14)2-5)15-3-6-4-19-10(16-6)11(17)18/h1-2,4,15H,3H2,(H,17,18). The number of nitrogens with zero attached hydrogens (tertiary/aromatic N) is 1. The van der Waals surface area contributed by atoms with Gasteiger partial charge in [-0.3, -0.25) is 0 Å². The van der Waals surface area contributed by atoms with E-state index in [0.29, 0.717) is 12.2 Å². The Morgan fingerprint density at radius 1 is 1.32 bits per heavy atom. The first-order valence-electron chi connectivity index (χ1n) is 5.03. The van der Waals surface area contributed by atoms with Gasteiger partial charge in [-0.2, -0.15) is 0 Å². The van der Waals surface area contributed by atoms with Crippen LogP contribution in [0.15, 0.2) is 30.9 Å². The van der Waals surface area contributed by atoms with E-state index in [0.717, 1.165) is 30.4 Å². The van der Waals surface area contributed by atoms with E-state index in [2.05, 4.69) is 58.1 Å². The van der Waals surface area contributed by atoms with Crippen LogP contribution in [0, 0.1) is 0 Å². The van der Waals surface area contributed by atoms with Crippen LogP contribution in [0.3, 0.4) is 0 Å². The van der Waals surface area contributed by atoms with Gasteiger partial charge in [0.1, 0.15) is 0 Å². The molecule has 1 aromatic heterocycles. The van der Waals surface area contributed by atoms with Crippen molar-refractivity contribution in [3.63, 3.8) is 0 Å². The SMILES string of the molecule is O=C(O)c1nc(CNc2c(Br)cc(Br)cc2Br)cs1. The van der Waals surface area contributed by atoms with Gasteiger partial charge in [0.25, 0.3) is 0 Å². The molecule has 2 aromatic rings. The minimum Gasteiger partial charge on any atom is -0.476 e. The monoisotopic (exact) mass is 468 g/mol. The van der Waals surface area contributed by atoms with Gasteiger partial charge in [0.05, 0.1) is 17.9 Å². The van der Waals surface area contributed by atoms with Crippen molar-refractivity contribution < 1.29 is 9.90 Å². The quantitative estimate of drug-likeness (QED) is 0.677. The van der Waals surface area contributed by atoms with Crippen molar-refractivity contribution in [2.24, 2.45) is 0 Å². The maximum absolute atomic E-state index is 10.7. The maximum atomic E-state index is 10.7. The van der Waals surface area contributed by atoms with Crippen LogP contribution in [0.4, 0.5) is 5.69 Å². The summed E-state index contributed by atoms with van der Waals surface area (Å²) in [7, 11) is 0. The van der Waals surface area contributed by atoms with Gasteiger partial charge in [0.15, 0.2) is 0 Å². The maximum Gasteiger partial charge on any atom is 0.365 e. The van der Waals surface area contributed by atoms with Crippen LogP contribution in [0.2, 0.25) is 0 Å². The van der Waals surface area contributed by atoms with Gasteiger partial charge < -0.3 is 10.4 Å². The minimum absolute atomic E-state index is 0.103. The highest BCUT2D eigenvalue weighted by molar-refractivity contribution is 9.11. The van der Waals surface area contributed by atoms with E-state index >= 15 is 0 Å². The van der Waals surface area contributed by atoms with Crippen molar-refractivity contribution >= 4 is 70.8 Å². The molecule has 0 radical (unpaired) electrons. The highest BCUT2D eigenvalue weighted by atomic mass is 79.9. The Morgan fingerprint density at radius 2 is 1.95 bits per heavy atom. The Balaban J connectivity index is 2.12. The normalized spacial score (nSPS) is 10.5. The summed E-state index contributed by atoms with van der Waals surface area (Å²) in [6.45, 7) is 0.461. The number of nitrogens with one attached hydrogen (secondary N) is 1. The molecule has 0 aliphatic heterocycles. The van der Waals surface area contributed by atoms with Crippen molar-refractivity contribution in [1.82, 2.24) is 4.98 Å². The topological polar surface area (TPSA) is 62.2 Å². The Bertz CT molecular complexity index is 607. The van der Waals surface area contributed by atoms with E-state index in [1.165, 1.54) is 0 Å². The summed E-state index contributed by atoms with van der Waals surface area (Å²) in [4.78, 5) is 14.8. The third-order valence-corrected chi connectivity index (χ3v) is 4.78. The Labute approximate surface area is 138 Å². The molecular formula is C11H7Br3N2O2S. The molecule has 100 valence electrons. The van der Waals surface area contributed by atoms with Gasteiger partial charge in [-0.1, -0.05) is 15.9 Å². The molecule has 0 amide bonds. The number of rotatable bonds is 4. The van der Waals surface area contributed by atoms with Gasteiger partial charge in [-0.25, -0.2) is 9.78 Å². The van der Waals surface area contributed by atoms with Crippen molar-refractivity contribution in [1.29, 1.82) is 0 Å². The lowest BCUT2D eigenvalue weighted by Crippen LogP contribution is -2.02. The summed E-state index contributed by atoms with van der Waals surface area (Å²) in [5.41, 5.74) is 1.59. The zero-order valence-electron chi connectivity index (χ0n) is 9.28. The molecular weight excluding hydrogens is 464 g/mol. The van der Waals surface area contributed by atoms with Gasteiger partial charge in [-0.15, -0.1) is 11.3 Å². The first-order valence-corrected chi connectivity index (χ1v) is 8.29. The van der Waals surface area contributed by atoms with Gasteiger partial charge in [0, 0.05) is 18.8 Å². The molecule has 1 aromatic carbocycles. The zero-order valence-corrected chi connectivity index (χ0v) is 14.9. The van der Waals surface area contributed by atoms with Crippen LogP contribution in [-0.4, -0.2) is 16.1 Å². The minimum atomic E-state index is -0.998. The van der Waals surface area contributed by atoms with E-state index < -0.39 is 5.97 Å². The Kier molecular flexibility index (Phi) is 4.99. The number of hydrogen-bond donors (Lipinski definition) is 2. The summed E-state index contributed by atoms with van der Waals surface area (Å²) in [6, 6.07) is 3.85. The number of halogens is 3. The van der Waals surface area contributed by atoms with Gasteiger partial charge in [0.2, 0.25) is 5.01 Å². The van der Waals surface area contributed by atoms with E-state index in [1.807, 2.05) is 12.1 Å². The van der Waals surface area contributed by atoms with E-state index in [-0.39, 0.29) is 5.01 Å². The fourth-order valence-corrected chi connectivity index (χ4v) is 4.57. The summed E-state index contributed by atoms with van der Waals surface area (Å²) in [5.74, 6) is -0.998. The Hall–Kier alpha value is -0.440. The summed E-state index contributed by atoms with van der Waals surface area (Å²) >= 11 is 11.5. The molecule has 0 saturated carbocycles. The van der Waals surface area contributed by atoms with Crippen molar-refractivity contribution in [2.45, 2.75) is 6.54 Å². The number of anilines is 1. The molecule has 1 heterocycles. The second-order valence-electron chi connectivity index (χ2n) is 3.55. The van der Waals surface area contributed by atoms with Crippen LogP contribution < -0.4 is 5.32 Å². The average Bonchev–Trinajstić information content (AvgIpc) is 2.76. The molecule has 0 bridgehead atoms. The lowest BCUT2D eigenvalue weighted by molar-refractivity contribution is 0.0696. The number of hydrogen-bond acceptors (Lipinski definition) is 4. The molecule has 8 heteroatoms. The summed E-state index contributed by atoms with van der Waals surface area (Å²) in [5, 5.41) is 13.9.